The molecule has 4 fully saturated rings. The van der Waals surface area contributed by atoms with E-state index in [9.17, 15) is 4.39 Å². The molecule has 0 radical (unpaired) electrons. The predicted octanol–water partition coefficient (Wildman–Crippen LogP) is 3.10. The van der Waals surface area contributed by atoms with Crippen LogP contribution in [0.15, 0.2) is 36.7 Å². The maximum absolute atomic E-state index is 13.4. The fraction of sp³-hybridized carbons (Fsp3) is 0.571. The van der Waals surface area contributed by atoms with Gasteiger partial charge in [0.1, 0.15) is 5.82 Å². The minimum Gasteiger partial charge on any atom is -0.298 e. The molecule has 2 aromatic rings. The fourth-order valence-electron chi connectivity index (χ4n) is 5.62. The van der Waals surface area contributed by atoms with E-state index in [0.717, 1.165) is 25.6 Å². The van der Waals surface area contributed by atoms with E-state index in [2.05, 4.69) is 28.0 Å². The number of hydrogen-bond donors (Lipinski definition) is 0. The highest BCUT2D eigenvalue weighted by molar-refractivity contribution is 5.28. The molecule has 138 valence electrons. The van der Waals surface area contributed by atoms with E-state index >= 15 is 0 Å². The lowest BCUT2D eigenvalue weighted by Crippen LogP contribution is -2.59. The third-order valence-electron chi connectivity index (χ3n) is 6.79. The Morgan fingerprint density at radius 1 is 1.12 bits per heavy atom. The van der Waals surface area contributed by atoms with E-state index in [4.69, 9.17) is 0 Å². The Balaban J connectivity index is 1.45. The lowest BCUT2D eigenvalue weighted by Gasteiger charge is -2.51. The normalized spacial score (nSPS) is 33.5. The van der Waals surface area contributed by atoms with Crippen LogP contribution in [0.5, 0.6) is 0 Å². The number of piperidine rings is 3. The predicted molar refractivity (Wildman–Crippen MR) is 99.3 cm³/mol. The summed E-state index contributed by atoms with van der Waals surface area (Å²) in [6, 6.07) is 8.44. The quantitative estimate of drug-likeness (QED) is 0.843. The number of rotatable bonds is 4. The third kappa shape index (κ3) is 2.69. The van der Waals surface area contributed by atoms with Gasteiger partial charge < -0.3 is 0 Å². The first-order valence-electron chi connectivity index (χ1n) is 9.98. The molecular formula is C21H27FN4. The van der Waals surface area contributed by atoms with Gasteiger partial charge in [0.15, 0.2) is 0 Å². The highest BCUT2D eigenvalue weighted by atomic mass is 19.1. The van der Waals surface area contributed by atoms with Gasteiger partial charge in [0.05, 0.1) is 6.20 Å². The van der Waals surface area contributed by atoms with Gasteiger partial charge in [0, 0.05) is 49.4 Å². The standard InChI is InChI=1S/C21H27FN4/c1-2-26-13-15(11-23-26)12-25-14-19(16-3-5-18(22)6-4-16)21-20(25)17-7-9-24(21)10-8-17/h3-6,11,13,17,19-21H,2,7-10,12,14H2,1H3/t19-,20+,21+/m1/s1. The molecule has 4 aliphatic rings. The zero-order valence-electron chi connectivity index (χ0n) is 15.4. The van der Waals surface area contributed by atoms with Gasteiger partial charge >= 0.3 is 0 Å². The second-order valence-corrected chi connectivity index (χ2v) is 8.15. The average molecular weight is 354 g/mol. The zero-order chi connectivity index (χ0) is 17.7. The molecule has 1 aromatic carbocycles. The number of aromatic nitrogens is 2. The number of nitrogens with zero attached hydrogens (tertiary/aromatic N) is 4. The van der Waals surface area contributed by atoms with Gasteiger partial charge in [-0.25, -0.2) is 4.39 Å². The number of fused-ring (bicyclic) bond motifs is 2. The van der Waals surface area contributed by atoms with Crippen LogP contribution in [0.4, 0.5) is 4.39 Å². The van der Waals surface area contributed by atoms with Gasteiger partial charge in [-0.1, -0.05) is 12.1 Å². The number of halogens is 1. The molecule has 26 heavy (non-hydrogen) atoms. The van der Waals surface area contributed by atoms with Crippen LogP contribution in [0.2, 0.25) is 0 Å². The lowest BCUT2D eigenvalue weighted by atomic mass is 9.75. The molecule has 5 heteroatoms. The van der Waals surface area contributed by atoms with Crippen LogP contribution >= 0.6 is 0 Å². The molecule has 3 atom stereocenters. The fourth-order valence-corrected chi connectivity index (χ4v) is 5.62. The molecule has 4 nitrogen and oxygen atoms in total. The van der Waals surface area contributed by atoms with Crippen molar-refractivity contribution in [2.24, 2.45) is 5.92 Å². The Morgan fingerprint density at radius 3 is 2.58 bits per heavy atom. The molecular weight excluding hydrogens is 327 g/mol. The lowest BCUT2D eigenvalue weighted by molar-refractivity contribution is -0.00870. The van der Waals surface area contributed by atoms with Crippen LogP contribution in [0.25, 0.3) is 0 Å². The Kier molecular flexibility index (Phi) is 4.09. The monoisotopic (exact) mass is 354 g/mol. The molecule has 0 unspecified atom stereocenters. The van der Waals surface area contributed by atoms with Crippen LogP contribution in [-0.2, 0) is 13.1 Å². The molecule has 0 amide bonds. The van der Waals surface area contributed by atoms with Crippen molar-refractivity contribution >= 4 is 0 Å². The Bertz CT molecular complexity index is 763. The van der Waals surface area contributed by atoms with Gasteiger partial charge in [-0.05, 0) is 56.5 Å². The Morgan fingerprint density at radius 2 is 1.88 bits per heavy atom. The number of benzene rings is 1. The van der Waals surface area contributed by atoms with Crippen molar-refractivity contribution in [3.05, 3.63) is 53.6 Å². The summed E-state index contributed by atoms with van der Waals surface area (Å²) in [5, 5.41) is 4.45. The van der Waals surface area contributed by atoms with Crippen LogP contribution in [0.1, 0.15) is 36.8 Å². The molecule has 5 heterocycles. The van der Waals surface area contributed by atoms with E-state index in [-0.39, 0.29) is 5.82 Å². The smallest absolute Gasteiger partial charge is 0.123 e. The minimum atomic E-state index is -0.141. The summed E-state index contributed by atoms with van der Waals surface area (Å²) in [6.45, 7) is 7.53. The third-order valence-corrected chi connectivity index (χ3v) is 6.79. The van der Waals surface area contributed by atoms with Crippen molar-refractivity contribution < 1.29 is 4.39 Å². The first-order chi connectivity index (χ1) is 12.7. The molecule has 0 aliphatic carbocycles. The SMILES string of the molecule is CCn1cc(CN2C[C@H](c3ccc(F)cc3)[C@H]3[C@@H]2C2CCN3CC2)cn1. The van der Waals surface area contributed by atoms with E-state index in [1.807, 2.05) is 23.0 Å². The van der Waals surface area contributed by atoms with Gasteiger partial charge in [0.2, 0.25) is 0 Å². The molecule has 0 spiro atoms. The Hall–Kier alpha value is -1.72. The van der Waals surface area contributed by atoms with Crippen LogP contribution in [-0.4, -0.2) is 51.3 Å². The first kappa shape index (κ1) is 16.5. The van der Waals surface area contributed by atoms with Crippen molar-refractivity contribution in [1.29, 1.82) is 0 Å². The number of likely N-dealkylation sites (tertiary alicyclic amines) is 1. The van der Waals surface area contributed by atoms with E-state index in [1.54, 1.807) is 12.1 Å². The molecule has 2 bridgehead atoms. The van der Waals surface area contributed by atoms with Gasteiger partial charge in [-0.3, -0.25) is 14.5 Å². The van der Waals surface area contributed by atoms with Crippen LogP contribution < -0.4 is 0 Å². The molecule has 4 aliphatic heterocycles. The molecule has 4 saturated heterocycles. The number of aryl methyl sites for hydroxylation is 1. The average Bonchev–Trinajstić information content (AvgIpc) is 3.30. The highest BCUT2D eigenvalue weighted by Crippen LogP contribution is 2.46. The highest BCUT2D eigenvalue weighted by Gasteiger charge is 2.53. The maximum Gasteiger partial charge on any atom is 0.123 e. The largest absolute Gasteiger partial charge is 0.298 e. The van der Waals surface area contributed by atoms with Gasteiger partial charge in [0.25, 0.3) is 0 Å². The summed E-state index contributed by atoms with van der Waals surface area (Å²) in [5.41, 5.74) is 2.60. The van der Waals surface area contributed by atoms with E-state index in [0.29, 0.717) is 18.0 Å². The van der Waals surface area contributed by atoms with E-state index in [1.165, 1.54) is 37.1 Å². The van der Waals surface area contributed by atoms with Gasteiger partial charge in [-0.2, -0.15) is 5.10 Å². The summed E-state index contributed by atoms with van der Waals surface area (Å²) in [5.74, 6) is 1.14. The van der Waals surface area contributed by atoms with Crippen molar-refractivity contribution in [3.8, 4) is 0 Å². The zero-order valence-corrected chi connectivity index (χ0v) is 15.4. The van der Waals surface area contributed by atoms with Crippen molar-refractivity contribution in [2.75, 3.05) is 19.6 Å². The summed E-state index contributed by atoms with van der Waals surface area (Å²) in [6.07, 6.45) is 6.84. The molecule has 1 aromatic heterocycles. The van der Waals surface area contributed by atoms with Crippen molar-refractivity contribution in [2.45, 2.75) is 50.9 Å². The second-order valence-electron chi connectivity index (χ2n) is 8.15. The van der Waals surface area contributed by atoms with Gasteiger partial charge in [-0.15, -0.1) is 0 Å². The summed E-state index contributed by atoms with van der Waals surface area (Å²) < 4.78 is 15.4. The second kappa shape index (κ2) is 6.46. The topological polar surface area (TPSA) is 24.3 Å². The Labute approximate surface area is 154 Å². The summed E-state index contributed by atoms with van der Waals surface area (Å²) in [4.78, 5) is 5.39. The molecule has 0 saturated carbocycles. The summed E-state index contributed by atoms with van der Waals surface area (Å²) in [7, 11) is 0. The maximum atomic E-state index is 13.4. The van der Waals surface area contributed by atoms with Crippen LogP contribution in [0.3, 0.4) is 0 Å². The minimum absolute atomic E-state index is 0.141. The van der Waals surface area contributed by atoms with Crippen molar-refractivity contribution in [1.82, 2.24) is 19.6 Å². The summed E-state index contributed by atoms with van der Waals surface area (Å²) >= 11 is 0. The van der Waals surface area contributed by atoms with E-state index < -0.39 is 0 Å². The first-order valence-corrected chi connectivity index (χ1v) is 9.98. The van der Waals surface area contributed by atoms with Crippen molar-refractivity contribution in [3.63, 3.8) is 0 Å². The molecule has 6 rings (SSSR count). The van der Waals surface area contributed by atoms with Crippen LogP contribution in [0, 0.1) is 11.7 Å². The molecule has 0 N–H and O–H groups in total. The number of hydrogen-bond acceptors (Lipinski definition) is 3.